The highest BCUT2D eigenvalue weighted by atomic mass is 32.1. The van der Waals surface area contributed by atoms with Gasteiger partial charge in [0.25, 0.3) is 5.89 Å². The summed E-state index contributed by atoms with van der Waals surface area (Å²) in [6.07, 6.45) is 1.56. The molecule has 1 atom stereocenters. The minimum atomic E-state index is -0.572. The van der Waals surface area contributed by atoms with Gasteiger partial charge >= 0.3 is 6.03 Å². The predicted octanol–water partition coefficient (Wildman–Crippen LogP) is 5.23. The molecule has 0 bridgehead atoms. The SMILES string of the molecule is CC1=C(c2nc(-c3cccs3)no2)C(c2ccc(F)cc2)NC(=O)N1Cc1ccco1. The topological polar surface area (TPSA) is 84.4 Å². The highest BCUT2D eigenvalue weighted by Gasteiger charge is 2.36. The fourth-order valence-corrected chi connectivity index (χ4v) is 4.20. The van der Waals surface area contributed by atoms with Crippen molar-refractivity contribution in [2.75, 3.05) is 0 Å². The van der Waals surface area contributed by atoms with Gasteiger partial charge in [0, 0.05) is 5.70 Å². The van der Waals surface area contributed by atoms with Crippen molar-refractivity contribution in [1.29, 1.82) is 0 Å². The van der Waals surface area contributed by atoms with E-state index in [0.717, 1.165) is 4.88 Å². The summed E-state index contributed by atoms with van der Waals surface area (Å²) in [5.74, 6) is 1.04. The number of aromatic nitrogens is 2. The van der Waals surface area contributed by atoms with Crippen molar-refractivity contribution < 1.29 is 18.1 Å². The Morgan fingerprint density at radius 1 is 1.19 bits per heavy atom. The quantitative estimate of drug-likeness (QED) is 0.463. The zero-order valence-corrected chi connectivity index (χ0v) is 17.2. The first kappa shape index (κ1) is 19.3. The second-order valence-electron chi connectivity index (χ2n) is 7.00. The number of rotatable bonds is 5. The Hall–Kier alpha value is -3.72. The fraction of sp³-hybridized carbons (Fsp3) is 0.136. The molecule has 156 valence electrons. The maximum Gasteiger partial charge on any atom is 0.322 e. The summed E-state index contributed by atoms with van der Waals surface area (Å²) in [5.41, 5.74) is 2.00. The van der Waals surface area contributed by atoms with E-state index < -0.39 is 6.04 Å². The van der Waals surface area contributed by atoms with Crippen LogP contribution in [0.1, 0.15) is 30.2 Å². The Labute approximate surface area is 180 Å². The zero-order valence-electron chi connectivity index (χ0n) is 16.4. The number of hydrogen-bond donors (Lipinski definition) is 1. The van der Waals surface area contributed by atoms with E-state index in [0.29, 0.717) is 34.3 Å². The van der Waals surface area contributed by atoms with Gasteiger partial charge in [-0.05, 0) is 48.2 Å². The minimum Gasteiger partial charge on any atom is -0.467 e. The summed E-state index contributed by atoms with van der Waals surface area (Å²) in [7, 11) is 0. The molecule has 0 saturated carbocycles. The molecule has 4 aromatic rings. The average Bonchev–Trinajstić information content (AvgIpc) is 3.54. The third-order valence-corrected chi connectivity index (χ3v) is 5.96. The first-order chi connectivity index (χ1) is 15.1. The molecule has 0 spiro atoms. The van der Waals surface area contributed by atoms with Crippen molar-refractivity contribution in [1.82, 2.24) is 20.4 Å². The summed E-state index contributed by atoms with van der Waals surface area (Å²) >= 11 is 1.50. The highest BCUT2D eigenvalue weighted by Crippen LogP contribution is 2.38. The van der Waals surface area contributed by atoms with Gasteiger partial charge in [0.05, 0.1) is 29.3 Å². The monoisotopic (exact) mass is 436 g/mol. The molecule has 1 aliphatic rings. The Morgan fingerprint density at radius 3 is 2.74 bits per heavy atom. The lowest BCUT2D eigenvalue weighted by Gasteiger charge is -2.34. The fourth-order valence-electron chi connectivity index (χ4n) is 3.55. The van der Waals surface area contributed by atoms with Crippen LogP contribution >= 0.6 is 11.3 Å². The van der Waals surface area contributed by atoms with Crippen LogP contribution in [0.25, 0.3) is 16.3 Å². The molecule has 1 aliphatic heterocycles. The van der Waals surface area contributed by atoms with Gasteiger partial charge in [-0.15, -0.1) is 11.3 Å². The summed E-state index contributed by atoms with van der Waals surface area (Å²) in [5, 5.41) is 9.02. The number of amides is 2. The molecule has 9 heteroatoms. The van der Waals surface area contributed by atoms with Crippen molar-refractivity contribution in [3.8, 4) is 10.7 Å². The smallest absolute Gasteiger partial charge is 0.322 e. The van der Waals surface area contributed by atoms with Crippen molar-refractivity contribution >= 4 is 22.9 Å². The summed E-state index contributed by atoms with van der Waals surface area (Å²) in [6.45, 7) is 2.07. The van der Waals surface area contributed by atoms with Crippen LogP contribution in [0.3, 0.4) is 0 Å². The largest absolute Gasteiger partial charge is 0.467 e. The molecule has 0 aliphatic carbocycles. The van der Waals surface area contributed by atoms with Gasteiger partial charge in [0.1, 0.15) is 11.6 Å². The number of carbonyl (C=O) groups excluding carboxylic acids is 1. The third-order valence-electron chi connectivity index (χ3n) is 5.09. The van der Waals surface area contributed by atoms with Gasteiger partial charge in [0.2, 0.25) is 5.82 Å². The van der Waals surface area contributed by atoms with E-state index in [9.17, 15) is 9.18 Å². The summed E-state index contributed by atoms with van der Waals surface area (Å²) in [6, 6.07) is 12.5. The van der Waals surface area contributed by atoms with Crippen LogP contribution in [0.4, 0.5) is 9.18 Å². The number of hydrogen-bond acceptors (Lipinski definition) is 6. The number of allylic oxidation sites excluding steroid dienone is 1. The number of nitrogens with one attached hydrogen (secondary N) is 1. The maximum atomic E-state index is 13.5. The number of furan rings is 1. The first-order valence-corrected chi connectivity index (χ1v) is 10.4. The van der Waals surface area contributed by atoms with Gasteiger partial charge < -0.3 is 14.3 Å². The van der Waals surface area contributed by atoms with Gasteiger partial charge in [-0.1, -0.05) is 23.4 Å². The van der Waals surface area contributed by atoms with Crippen molar-refractivity contribution in [3.05, 3.63) is 88.9 Å². The van der Waals surface area contributed by atoms with Gasteiger partial charge in [-0.3, -0.25) is 4.90 Å². The van der Waals surface area contributed by atoms with Gasteiger partial charge in [0.15, 0.2) is 0 Å². The predicted molar refractivity (Wildman–Crippen MR) is 112 cm³/mol. The Balaban J connectivity index is 1.60. The number of halogens is 1. The molecule has 1 N–H and O–H groups in total. The molecule has 1 aromatic carbocycles. The lowest BCUT2D eigenvalue weighted by Crippen LogP contribution is -2.45. The van der Waals surface area contributed by atoms with E-state index in [-0.39, 0.29) is 18.4 Å². The Bertz CT molecular complexity index is 1230. The lowest BCUT2D eigenvalue weighted by molar-refractivity contribution is 0.199. The summed E-state index contributed by atoms with van der Waals surface area (Å²) in [4.78, 5) is 20.0. The van der Waals surface area contributed by atoms with E-state index in [1.807, 2.05) is 24.4 Å². The van der Waals surface area contributed by atoms with Crippen LogP contribution in [-0.2, 0) is 6.54 Å². The van der Waals surface area contributed by atoms with E-state index in [2.05, 4.69) is 15.5 Å². The second-order valence-corrected chi connectivity index (χ2v) is 7.95. The minimum absolute atomic E-state index is 0.246. The van der Waals surface area contributed by atoms with Crippen LogP contribution < -0.4 is 5.32 Å². The number of benzene rings is 1. The zero-order chi connectivity index (χ0) is 21.4. The van der Waals surface area contributed by atoms with E-state index in [1.54, 1.807) is 35.4 Å². The van der Waals surface area contributed by atoms with Crippen molar-refractivity contribution in [2.45, 2.75) is 19.5 Å². The number of urea groups is 1. The van der Waals surface area contributed by atoms with Crippen LogP contribution in [0.15, 0.2) is 74.8 Å². The lowest BCUT2D eigenvalue weighted by atomic mass is 9.94. The summed E-state index contributed by atoms with van der Waals surface area (Å²) < 4.78 is 24.5. The van der Waals surface area contributed by atoms with Gasteiger partial charge in [-0.25, -0.2) is 9.18 Å². The Morgan fingerprint density at radius 2 is 2.03 bits per heavy atom. The van der Waals surface area contributed by atoms with Gasteiger partial charge in [-0.2, -0.15) is 4.98 Å². The molecule has 0 saturated heterocycles. The molecule has 5 rings (SSSR count). The normalized spacial score (nSPS) is 16.6. The second kappa shape index (κ2) is 7.84. The number of thiophene rings is 1. The molecule has 4 heterocycles. The number of carbonyl (C=O) groups is 1. The third kappa shape index (κ3) is 3.64. The molecule has 7 nitrogen and oxygen atoms in total. The first-order valence-electron chi connectivity index (χ1n) is 9.55. The maximum absolute atomic E-state index is 13.5. The average molecular weight is 436 g/mol. The van der Waals surface area contributed by atoms with Crippen molar-refractivity contribution in [2.24, 2.45) is 0 Å². The van der Waals surface area contributed by atoms with Crippen LogP contribution in [0.5, 0.6) is 0 Å². The highest BCUT2D eigenvalue weighted by molar-refractivity contribution is 7.13. The molecule has 31 heavy (non-hydrogen) atoms. The standard InChI is InChI=1S/C22H17FN4O3S/c1-13-18(21-25-20(26-30-21)17-5-3-11-31-17)19(14-6-8-15(23)9-7-14)24-22(28)27(13)12-16-4-2-10-29-16/h2-11,19H,12H2,1H3,(H,24,28). The molecule has 1 unspecified atom stereocenters. The van der Waals surface area contributed by atoms with Crippen LogP contribution in [0.2, 0.25) is 0 Å². The molecular formula is C22H17FN4O3S. The van der Waals surface area contributed by atoms with E-state index in [1.165, 1.54) is 23.5 Å². The molecule has 2 amide bonds. The van der Waals surface area contributed by atoms with Crippen molar-refractivity contribution in [3.63, 3.8) is 0 Å². The van der Waals surface area contributed by atoms with E-state index >= 15 is 0 Å². The van der Waals surface area contributed by atoms with Crippen LogP contribution in [-0.4, -0.2) is 21.1 Å². The Kier molecular flexibility index (Phi) is 4.87. The van der Waals surface area contributed by atoms with Crippen LogP contribution in [0, 0.1) is 5.82 Å². The number of nitrogens with zero attached hydrogens (tertiary/aromatic N) is 3. The molecule has 0 fully saturated rings. The molecular weight excluding hydrogens is 419 g/mol. The molecule has 3 aromatic heterocycles. The molecule has 0 radical (unpaired) electrons. The van der Waals surface area contributed by atoms with E-state index in [4.69, 9.17) is 8.94 Å².